The number of carbonyl (C=O) groups excluding carboxylic acids is 1. The summed E-state index contributed by atoms with van der Waals surface area (Å²) < 4.78 is 0. The average Bonchev–Trinajstić information content (AvgIpc) is 3.30. The van der Waals surface area contributed by atoms with Crippen LogP contribution in [0.5, 0.6) is 0 Å². The van der Waals surface area contributed by atoms with Gasteiger partial charge in [-0.15, -0.1) is 0 Å². The summed E-state index contributed by atoms with van der Waals surface area (Å²) in [6.07, 6.45) is 6.61. The van der Waals surface area contributed by atoms with E-state index in [0.717, 1.165) is 54.8 Å². The molecule has 144 valence electrons. The Morgan fingerprint density at radius 1 is 1.25 bits per heavy atom. The highest BCUT2D eigenvalue weighted by Crippen LogP contribution is 2.56. The Morgan fingerprint density at radius 2 is 2.07 bits per heavy atom. The molecule has 3 heterocycles. The minimum atomic E-state index is 0.0314. The van der Waals surface area contributed by atoms with Crippen LogP contribution in [0, 0.1) is 11.3 Å². The molecule has 1 spiro atoms. The second-order valence-corrected chi connectivity index (χ2v) is 8.20. The van der Waals surface area contributed by atoms with E-state index in [0.29, 0.717) is 0 Å². The number of carbonyl (C=O) groups is 1. The SMILES string of the molecule is C[C@@H](NC(=O)C1CCN(c2ncnc3[nH]ccc23)CC12CC2)c1ccccc1. The number of fused-ring (bicyclic) bond motifs is 1. The van der Waals surface area contributed by atoms with Gasteiger partial charge in [-0.05, 0) is 43.2 Å². The minimum absolute atomic E-state index is 0.0314. The topological polar surface area (TPSA) is 73.9 Å². The standard InChI is InChI=1S/C22H25N5O/c1-15(16-5-3-2-4-6-16)26-21(28)18-8-12-27(13-22(18)9-10-22)20-17-7-11-23-19(17)24-14-25-20/h2-7,11,14-15,18H,8-10,12-13H2,1H3,(H,26,28)(H,23,24,25)/t15-,18?/m1/s1. The number of piperidine rings is 1. The monoisotopic (exact) mass is 375 g/mol. The van der Waals surface area contributed by atoms with Crippen molar-refractivity contribution >= 4 is 22.8 Å². The van der Waals surface area contributed by atoms with Crippen LogP contribution in [-0.2, 0) is 4.79 Å². The Morgan fingerprint density at radius 3 is 2.86 bits per heavy atom. The molecule has 5 rings (SSSR count). The van der Waals surface area contributed by atoms with Crippen molar-refractivity contribution in [2.45, 2.75) is 32.2 Å². The number of amides is 1. The number of nitrogens with zero attached hydrogens (tertiary/aromatic N) is 3. The number of benzene rings is 1. The Kier molecular flexibility index (Phi) is 4.07. The lowest BCUT2D eigenvalue weighted by Gasteiger charge is -2.39. The molecule has 2 fully saturated rings. The van der Waals surface area contributed by atoms with Crippen LogP contribution in [-0.4, -0.2) is 33.9 Å². The van der Waals surface area contributed by atoms with Gasteiger partial charge in [0.2, 0.25) is 5.91 Å². The molecule has 1 saturated heterocycles. The molecule has 1 aliphatic heterocycles. The zero-order valence-corrected chi connectivity index (χ0v) is 16.1. The summed E-state index contributed by atoms with van der Waals surface area (Å²) >= 11 is 0. The maximum atomic E-state index is 13.1. The first-order chi connectivity index (χ1) is 13.7. The Balaban J connectivity index is 1.32. The van der Waals surface area contributed by atoms with Crippen LogP contribution in [0.25, 0.3) is 11.0 Å². The second kappa shape index (κ2) is 6.62. The van der Waals surface area contributed by atoms with Crippen LogP contribution in [0.2, 0.25) is 0 Å². The summed E-state index contributed by atoms with van der Waals surface area (Å²) in [6.45, 7) is 3.80. The van der Waals surface area contributed by atoms with E-state index in [1.54, 1.807) is 6.33 Å². The average molecular weight is 375 g/mol. The molecule has 0 bridgehead atoms. The first kappa shape index (κ1) is 17.2. The van der Waals surface area contributed by atoms with E-state index in [1.807, 2.05) is 30.5 Å². The number of rotatable bonds is 4. The van der Waals surface area contributed by atoms with Crippen molar-refractivity contribution in [3.8, 4) is 0 Å². The van der Waals surface area contributed by atoms with E-state index >= 15 is 0 Å². The number of anilines is 1. The predicted molar refractivity (Wildman–Crippen MR) is 109 cm³/mol. The number of aromatic nitrogens is 3. The fourth-order valence-corrected chi connectivity index (χ4v) is 4.67. The lowest BCUT2D eigenvalue weighted by molar-refractivity contribution is -0.128. The predicted octanol–water partition coefficient (Wildman–Crippen LogP) is 3.44. The molecule has 1 unspecified atom stereocenters. The largest absolute Gasteiger partial charge is 0.355 e. The highest BCUT2D eigenvalue weighted by Gasteiger charge is 2.55. The molecule has 6 heteroatoms. The molecule has 1 amide bonds. The van der Waals surface area contributed by atoms with Gasteiger partial charge in [0, 0.05) is 25.2 Å². The lowest BCUT2D eigenvalue weighted by atomic mass is 9.81. The van der Waals surface area contributed by atoms with Gasteiger partial charge in [0.25, 0.3) is 0 Å². The highest BCUT2D eigenvalue weighted by atomic mass is 16.2. The number of hydrogen-bond acceptors (Lipinski definition) is 4. The summed E-state index contributed by atoms with van der Waals surface area (Å²) in [5.74, 6) is 1.26. The van der Waals surface area contributed by atoms with Gasteiger partial charge in [-0.25, -0.2) is 9.97 Å². The Labute approximate surface area is 164 Å². The van der Waals surface area contributed by atoms with Crippen LogP contribution in [0.3, 0.4) is 0 Å². The first-order valence-electron chi connectivity index (χ1n) is 10.0. The fraction of sp³-hybridized carbons (Fsp3) is 0.409. The fourth-order valence-electron chi connectivity index (χ4n) is 4.67. The van der Waals surface area contributed by atoms with Crippen molar-refractivity contribution < 1.29 is 4.79 Å². The molecule has 28 heavy (non-hydrogen) atoms. The van der Waals surface area contributed by atoms with Crippen molar-refractivity contribution in [1.29, 1.82) is 0 Å². The maximum Gasteiger partial charge on any atom is 0.224 e. The summed E-state index contributed by atoms with van der Waals surface area (Å²) in [7, 11) is 0. The number of hydrogen-bond donors (Lipinski definition) is 2. The number of aromatic amines is 1. The van der Waals surface area contributed by atoms with E-state index < -0.39 is 0 Å². The molecule has 1 saturated carbocycles. The van der Waals surface area contributed by atoms with Gasteiger partial charge in [-0.1, -0.05) is 30.3 Å². The van der Waals surface area contributed by atoms with Crippen molar-refractivity contribution in [1.82, 2.24) is 20.3 Å². The van der Waals surface area contributed by atoms with Crippen LogP contribution >= 0.6 is 0 Å². The van der Waals surface area contributed by atoms with E-state index in [-0.39, 0.29) is 23.3 Å². The van der Waals surface area contributed by atoms with Gasteiger partial charge in [0.1, 0.15) is 17.8 Å². The van der Waals surface area contributed by atoms with E-state index in [9.17, 15) is 4.79 Å². The van der Waals surface area contributed by atoms with Gasteiger partial charge in [-0.2, -0.15) is 0 Å². The molecule has 2 aliphatic rings. The molecule has 2 atom stereocenters. The number of nitrogens with one attached hydrogen (secondary N) is 2. The molecular formula is C22H25N5O. The van der Waals surface area contributed by atoms with Gasteiger partial charge in [-0.3, -0.25) is 4.79 Å². The molecular weight excluding hydrogens is 350 g/mol. The van der Waals surface area contributed by atoms with Crippen molar-refractivity contribution in [2.24, 2.45) is 11.3 Å². The Hall–Kier alpha value is -2.89. The van der Waals surface area contributed by atoms with Crippen LogP contribution in [0.15, 0.2) is 48.9 Å². The first-order valence-corrected chi connectivity index (χ1v) is 10.0. The van der Waals surface area contributed by atoms with Gasteiger partial charge >= 0.3 is 0 Å². The smallest absolute Gasteiger partial charge is 0.224 e. The molecule has 1 aromatic carbocycles. The van der Waals surface area contributed by atoms with Crippen molar-refractivity contribution in [3.05, 3.63) is 54.5 Å². The van der Waals surface area contributed by atoms with E-state index in [1.165, 1.54) is 0 Å². The third kappa shape index (κ3) is 2.93. The number of H-pyrrole nitrogens is 1. The quantitative estimate of drug-likeness (QED) is 0.733. The summed E-state index contributed by atoms with van der Waals surface area (Å²) in [6, 6.07) is 12.2. The molecule has 6 nitrogen and oxygen atoms in total. The highest BCUT2D eigenvalue weighted by molar-refractivity contribution is 5.87. The summed E-state index contributed by atoms with van der Waals surface area (Å²) in [5, 5.41) is 4.31. The van der Waals surface area contributed by atoms with Crippen molar-refractivity contribution in [2.75, 3.05) is 18.0 Å². The molecule has 2 aromatic heterocycles. The molecule has 2 N–H and O–H groups in total. The zero-order valence-electron chi connectivity index (χ0n) is 16.1. The second-order valence-electron chi connectivity index (χ2n) is 8.20. The summed E-state index contributed by atoms with van der Waals surface area (Å²) in [4.78, 5) is 27.4. The lowest BCUT2D eigenvalue weighted by Crippen LogP contribution is -2.48. The van der Waals surface area contributed by atoms with E-state index in [2.05, 4.69) is 44.2 Å². The van der Waals surface area contributed by atoms with Crippen LogP contribution in [0.1, 0.15) is 37.8 Å². The van der Waals surface area contributed by atoms with Crippen LogP contribution in [0.4, 0.5) is 5.82 Å². The Bertz CT molecular complexity index is 994. The normalized spacial score (nSPS) is 21.6. The molecule has 3 aromatic rings. The summed E-state index contributed by atoms with van der Waals surface area (Å²) in [5.41, 5.74) is 2.10. The van der Waals surface area contributed by atoms with Gasteiger partial charge < -0.3 is 15.2 Å². The van der Waals surface area contributed by atoms with E-state index in [4.69, 9.17) is 0 Å². The van der Waals surface area contributed by atoms with Gasteiger partial charge in [0.15, 0.2) is 0 Å². The zero-order chi connectivity index (χ0) is 19.1. The maximum absolute atomic E-state index is 13.1. The third-order valence-electron chi connectivity index (χ3n) is 6.43. The molecule has 1 aliphatic carbocycles. The van der Waals surface area contributed by atoms with Crippen molar-refractivity contribution in [3.63, 3.8) is 0 Å². The van der Waals surface area contributed by atoms with Gasteiger partial charge in [0.05, 0.1) is 11.4 Å². The van der Waals surface area contributed by atoms with Crippen LogP contribution < -0.4 is 10.2 Å². The third-order valence-corrected chi connectivity index (χ3v) is 6.43. The minimum Gasteiger partial charge on any atom is -0.355 e. The molecule has 0 radical (unpaired) electrons.